The van der Waals surface area contributed by atoms with Crippen molar-refractivity contribution in [3.8, 4) is 5.88 Å². The molecule has 1 N–H and O–H groups in total. The number of aryl methyl sites for hydroxylation is 1. The van der Waals surface area contributed by atoms with E-state index in [-0.39, 0.29) is 5.88 Å². The molecule has 1 heterocycles. The van der Waals surface area contributed by atoms with Crippen LogP contribution in [0.4, 0.5) is 0 Å². The predicted molar refractivity (Wildman–Crippen MR) is 35.6 cm³/mol. The number of nitrogens with zero attached hydrogens (tertiary/aromatic N) is 1. The van der Waals surface area contributed by atoms with Crippen LogP contribution in [0.3, 0.4) is 0 Å². The molecule has 0 amide bonds. The summed E-state index contributed by atoms with van der Waals surface area (Å²) >= 11 is 5.61. The average molecular weight is 144 g/mol. The van der Waals surface area contributed by atoms with E-state index in [1.807, 2.05) is 6.92 Å². The molecule has 0 spiro atoms. The fourth-order valence-electron chi connectivity index (χ4n) is 0.524. The van der Waals surface area contributed by atoms with Crippen LogP contribution in [0.5, 0.6) is 5.88 Å². The van der Waals surface area contributed by atoms with Crippen LogP contribution >= 0.6 is 11.6 Å². The van der Waals surface area contributed by atoms with Gasteiger partial charge >= 0.3 is 0 Å². The molecule has 9 heavy (non-hydrogen) atoms. The minimum atomic E-state index is 0.0110. The van der Waals surface area contributed by atoms with Gasteiger partial charge in [0.05, 0.1) is 5.02 Å². The van der Waals surface area contributed by atoms with Gasteiger partial charge < -0.3 is 5.11 Å². The average Bonchev–Trinajstić information content (AvgIpc) is 1.80. The smallest absolute Gasteiger partial charge is 0.211 e. The molecule has 0 atom stereocenters. The molecule has 1 rings (SSSR count). The number of aromatic nitrogens is 1. The van der Waals surface area contributed by atoms with Gasteiger partial charge in [-0.2, -0.15) is 0 Å². The summed E-state index contributed by atoms with van der Waals surface area (Å²) in [5, 5.41) is 9.34. The maximum absolute atomic E-state index is 8.77. The van der Waals surface area contributed by atoms with Crippen LogP contribution in [0.25, 0.3) is 0 Å². The van der Waals surface area contributed by atoms with Gasteiger partial charge in [-0.3, -0.25) is 0 Å². The van der Waals surface area contributed by atoms with Crippen molar-refractivity contribution in [2.45, 2.75) is 6.92 Å². The van der Waals surface area contributed by atoms with Crippen LogP contribution in [0.2, 0.25) is 5.02 Å². The first-order chi connectivity index (χ1) is 4.20. The van der Waals surface area contributed by atoms with Crippen molar-refractivity contribution in [1.82, 2.24) is 4.98 Å². The summed E-state index contributed by atoms with van der Waals surface area (Å²) in [7, 11) is 0. The normalized spacial score (nSPS) is 9.56. The van der Waals surface area contributed by atoms with Gasteiger partial charge in [0, 0.05) is 12.3 Å². The van der Waals surface area contributed by atoms with E-state index in [0.717, 1.165) is 5.56 Å². The highest BCUT2D eigenvalue weighted by Crippen LogP contribution is 2.16. The SMILES string of the molecule is Cc1cc(O)ncc1Cl. The molecule has 0 aliphatic heterocycles. The number of pyridine rings is 1. The van der Waals surface area contributed by atoms with Gasteiger partial charge in [0.1, 0.15) is 0 Å². The summed E-state index contributed by atoms with van der Waals surface area (Å²) in [5.74, 6) is 0.0110. The summed E-state index contributed by atoms with van der Waals surface area (Å²) in [4.78, 5) is 3.56. The molecule has 3 heteroatoms. The van der Waals surface area contributed by atoms with Gasteiger partial charge in [-0.25, -0.2) is 4.98 Å². The highest BCUT2D eigenvalue weighted by molar-refractivity contribution is 6.31. The van der Waals surface area contributed by atoms with Gasteiger partial charge in [0.2, 0.25) is 5.88 Å². The first kappa shape index (κ1) is 6.36. The lowest BCUT2D eigenvalue weighted by molar-refractivity contribution is 0.453. The van der Waals surface area contributed by atoms with E-state index in [0.29, 0.717) is 5.02 Å². The molecule has 0 fully saturated rings. The number of rotatable bonds is 0. The molecule has 0 aliphatic rings. The van der Waals surface area contributed by atoms with Crippen LogP contribution < -0.4 is 0 Å². The lowest BCUT2D eigenvalue weighted by atomic mass is 10.3. The van der Waals surface area contributed by atoms with E-state index >= 15 is 0 Å². The molecule has 48 valence electrons. The fraction of sp³-hybridized carbons (Fsp3) is 0.167. The molecule has 1 aromatic heterocycles. The molecule has 0 bridgehead atoms. The molecule has 0 radical (unpaired) electrons. The van der Waals surface area contributed by atoms with Crippen molar-refractivity contribution in [3.63, 3.8) is 0 Å². The van der Waals surface area contributed by atoms with Crippen LogP contribution in [0.15, 0.2) is 12.3 Å². The van der Waals surface area contributed by atoms with Gasteiger partial charge in [-0.1, -0.05) is 11.6 Å². The topological polar surface area (TPSA) is 33.1 Å². The summed E-state index contributed by atoms with van der Waals surface area (Å²) in [6.07, 6.45) is 1.42. The molecule has 0 aliphatic carbocycles. The van der Waals surface area contributed by atoms with Crippen LogP contribution in [0.1, 0.15) is 5.56 Å². The minimum absolute atomic E-state index is 0.0110. The van der Waals surface area contributed by atoms with Crippen molar-refractivity contribution >= 4 is 11.6 Å². The fourth-order valence-corrected chi connectivity index (χ4v) is 0.628. The van der Waals surface area contributed by atoms with Crippen molar-refractivity contribution in [3.05, 3.63) is 22.8 Å². The predicted octanol–water partition coefficient (Wildman–Crippen LogP) is 1.75. The maximum Gasteiger partial charge on any atom is 0.211 e. The highest BCUT2D eigenvalue weighted by Gasteiger charge is 1.94. The van der Waals surface area contributed by atoms with Gasteiger partial charge in [-0.15, -0.1) is 0 Å². The number of halogens is 1. The molecule has 1 aromatic rings. The van der Waals surface area contributed by atoms with Gasteiger partial charge in [0.25, 0.3) is 0 Å². The summed E-state index contributed by atoms with van der Waals surface area (Å²) in [6.45, 7) is 1.81. The van der Waals surface area contributed by atoms with E-state index in [9.17, 15) is 0 Å². The Morgan fingerprint density at radius 2 is 2.33 bits per heavy atom. The highest BCUT2D eigenvalue weighted by atomic mass is 35.5. The Morgan fingerprint density at radius 1 is 1.67 bits per heavy atom. The van der Waals surface area contributed by atoms with E-state index in [1.165, 1.54) is 12.3 Å². The van der Waals surface area contributed by atoms with Crippen molar-refractivity contribution in [1.29, 1.82) is 0 Å². The second-order valence-corrected chi connectivity index (χ2v) is 2.20. The van der Waals surface area contributed by atoms with Crippen LogP contribution in [0, 0.1) is 6.92 Å². The monoisotopic (exact) mass is 143 g/mol. The Kier molecular flexibility index (Phi) is 1.58. The minimum Gasteiger partial charge on any atom is -0.493 e. The zero-order chi connectivity index (χ0) is 6.85. The molecule has 0 unspecified atom stereocenters. The third-order valence-corrected chi connectivity index (χ3v) is 1.43. The Labute approximate surface area is 58.1 Å². The van der Waals surface area contributed by atoms with Crippen molar-refractivity contribution < 1.29 is 5.11 Å². The maximum atomic E-state index is 8.77. The summed E-state index contributed by atoms with van der Waals surface area (Å²) < 4.78 is 0. The molecule has 0 saturated heterocycles. The Balaban J connectivity index is 3.17. The van der Waals surface area contributed by atoms with E-state index in [1.54, 1.807) is 0 Å². The first-order valence-corrected chi connectivity index (χ1v) is 2.89. The van der Waals surface area contributed by atoms with E-state index in [2.05, 4.69) is 4.98 Å². The second kappa shape index (κ2) is 2.23. The van der Waals surface area contributed by atoms with E-state index in [4.69, 9.17) is 16.7 Å². The van der Waals surface area contributed by atoms with Crippen molar-refractivity contribution in [2.24, 2.45) is 0 Å². The molecule has 2 nitrogen and oxygen atoms in total. The molecular formula is C6H6ClNO. The second-order valence-electron chi connectivity index (χ2n) is 1.79. The first-order valence-electron chi connectivity index (χ1n) is 2.51. The molecular weight excluding hydrogens is 138 g/mol. The van der Waals surface area contributed by atoms with E-state index < -0.39 is 0 Å². The van der Waals surface area contributed by atoms with Crippen molar-refractivity contribution in [2.75, 3.05) is 0 Å². The van der Waals surface area contributed by atoms with Crippen LogP contribution in [-0.4, -0.2) is 10.1 Å². The quantitative estimate of drug-likeness (QED) is 0.600. The molecule has 0 aromatic carbocycles. The Bertz CT molecular complexity index is 224. The third kappa shape index (κ3) is 1.33. The largest absolute Gasteiger partial charge is 0.493 e. The lowest BCUT2D eigenvalue weighted by Crippen LogP contribution is -1.77. The Morgan fingerprint density at radius 3 is 2.78 bits per heavy atom. The number of hydrogen-bond acceptors (Lipinski definition) is 2. The summed E-state index contributed by atoms with van der Waals surface area (Å²) in [5.41, 5.74) is 0.837. The summed E-state index contributed by atoms with van der Waals surface area (Å²) in [6, 6.07) is 1.52. The zero-order valence-electron chi connectivity index (χ0n) is 4.93. The standard InChI is InChI=1S/C6H6ClNO/c1-4-2-6(9)8-3-5(4)7/h2-3H,1H3,(H,8,9). The molecule has 0 saturated carbocycles. The number of hydrogen-bond donors (Lipinski definition) is 1. The van der Waals surface area contributed by atoms with Gasteiger partial charge in [0.15, 0.2) is 0 Å². The third-order valence-electron chi connectivity index (χ3n) is 1.03. The van der Waals surface area contributed by atoms with Gasteiger partial charge in [-0.05, 0) is 12.5 Å². The van der Waals surface area contributed by atoms with Crippen LogP contribution in [-0.2, 0) is 0 Å². The lowest BCUT2D eigenvalue weighted by Gasteiger charge is -1.94. The zero-order valence-corrected chi connectivity index (χ0v) is 5.68. The number of aromatic hydroxyl groups is 1. The Hall–Kier alpha value is -0.760.